The van der Waals surface area contributed by atoms with Crippen LogP contribution in [0.15, 0.2) is 48.9 Å². The maximum Gasteiger partial charge on any atom is 0.226 e. The highest BCUT2D eigenvalue weighted by Crippen LogP contribution is 2.13. The quantitative estimate of drug-likeness (QED) is 0.675. The van der Waals surface area contributed by atoms with Gasteiger partial charge in [0.05, 0.1) is 18.1 Å². The fourth-order valence-corrected chi connectivity index (χ4v) is 2.52. The van der Waals surface area contributed by atoms with E-state index in [4.69, 9.17) is 4.74 Å². The Kier molecular flexibility index (Phi) is 5.68. The summed E-state index contributed by atoms with van der Waals surface area (Å²) in [5, 5.41) is 11.2. The van der Waals surface area contributed by atoms with E-state index >= 15 is 0 Å². The lowest BCUT2D eigenvalue weighted by molar-refractivity contribution is -0.116. The number of nitrogens with one attached hydrogen (secondary N) is 1. The number of ether oxygens (including phenoxy) is 1. The van der Waals surface area contributed by atoms with Gasteiger partial charge in [-0.05, 0) is 37.1 Å². The van der Waals surface area contributed by atoms with Crippen molar-refractivity contribution in [1.29, 1.82) is 0 Å². The SMILES string of the molecule is CCc1ccc(OCn2cc(NC(=O)CCn3nccc3C)cn2)cc1. The molecule has 0 atom stereocenters. The van der Waals surface area contributed by atoms with E-state index in [1.807, 2.05) is 37.3 Å². The largest absolute Gasteiger partial charge is 0.471 e. The molecular weight excluding hydrogens is 330 g/mol. The molecule has 0 aliphatic heterocycles. The van der Waals surface area contributed by atoms with Crippen molar-refractivity contribution in [3.8, 4) is 5.75 Å². The topological polar surface area (TPSA) is 74.0 Å². The highest BCUT2D eigenvalue weighted by molar-refractivity contribution is 5.90. The van der Waals surface area contributed by atoms with Gasteiger partial charge in [-0.15, -0.1) is 0 Å². The third-order valence-corrected chi connectivity index (χ3v) is 4.09. The number of aromatic nitrogens is 4. The molecule has 0 radical (unpaired) electrons. The van der Waals surface area contributed by atoms with Crippen molar-refractivity contribution in [2.75, 3.05) is 5.32 Å². The van der Waals surface area contributed by atoms with Crippen molar-refractivity contribution >= 4 is 11.6 Å². The third-order valence-electron chi connectivity index (χ3n) is 4.09. The van der Waals surface area contributed by atoms with E-state index in [1.54, 1.807) is 28.0 Å². The molecule has 0 unspecified atom stereocenters. The number of anilines is 1. The molecule has 2 heterocycles. The molecule has 3 rings (SSSR count). The molecule has 26 heavy (non-hydrogen) atoms. The van der Waals surface area contributed by atoms with Crippen molar-refractivity contribution in [1.82, 2.24) is 19.6 Å². The average molecular weight is 353 g/mol. The second kappa shape index (κ2) is 8.33. The molecule has 136 valence electrons. The smallest absolute Gasteiger partial charge is 0.226 e. The lowest BCUT2D eigenvalue weighted by Gasteiger charge is -2.07. The molecule has 0 spiro atoms. The minimum atomic E-state index is -0.0736. The molecule has 0 aliphatic rings. The lowest BCUT2D eigenvalue weighted by Crippen LogP contribution is -2.15. The molecule has 0 bridgehead atoms. The highest BCUT2D eigenvalue weighted by atomic mass is 16.5. The van der Waals surface area contributed by atoms with Gasteiger partial charge in [-0.3, -0.25) is 9.48 Å². The van der Waals surface area contributed by atoms with Gasteiger partial charge in [0.2, 0.25) is 5.91 Å². The Hall–Kier alpha value is -3.09. The van der Waals surface area contributed by atoms with Crippen LogP contribution in [0.2, 0.25) is 0 Å². The normalized spacial score (nSPS) is 10.7. The summed E-state index contributed by atoms with van der Waals surface area (Å²) in [7, 11) is 0. The third kappa shape index (κ3) is 4.72. The van der Waals surface area contributed by atoms with E-state index in [-0.39, 0.29) is 12.6 Å². The Morgan fingerprint density at radius 3 is 2.69 bits per heavy atom. The van der Waals surface area contributed by atoms with E-state index in [1.165, 1.54) is 5.56 Å². The van der Waals surface area contributed by atoms with Crippen LogP contribution < -0.4 is 10.1 Å². The van der Waals surface area contributed by atoms with Gasteiger partial charge in [-0.25, -0.2) is 4.68 Å². The van der Waals surface area contributed by atoms with E-state index in [2.05, 4.69) is 22.4 Å². The van der Waals surface area contributed by atoms with Crippen LogP contribution >= 0.6 is 0 Å². The minimum absolute atomic E-state index is 0.0736. The predicted molar refractivity (Wildman–Crippen MR) is 98.9 cm³/mol. The summed E-state index contributed by atoms with van der Waals surface area (Å²) >= 11 is 0. The summed E-state index contributed by atoms with van der Waals surface area (Å²) in [5.41, 5.74) is 2.96. The fourth-order valence-electron chi connectivity index (χ4n) is 2.52. The molecule has 2 aromatic heterocycles. The van der Waals surface area contributed by atoms with E-state index in [0.717, 1.165) is 17.9 Å². The molecule has 7 heteroatoms. The molecule has 0 saturated heterocycles. The monoisotopic (exact) mass is 353 g/mol. The Balaban J connectivity index is 1.46. The zero-order chi connectivity index (χ0) is 18.4. The van der Waals surface area contributed by atoms with Gasteiger partial charge in [-0.1, -0.05) is 19.1 Å². The zero-order valence-electron chi connectivity index (χ0n) is 15.1. The molecule has 0 saturated carbocycles. The molecule has 0 aliphatic carbocycles. The van der Waals surface area contributed by atoms with Gasteiger partial charge in [0.25, 0.3) is 0 Å². The van der Waals surface area contributed by atoms with E-state index in [0.29, 0.717) is 18.7 Å². The standard InChI is InChI=1S/C19H23N5O2/c1-3-16-4-6-18(7-5-16)26-14-23-13-17(12-21-23)22-19(25)9-11-24-15(2)8-10-20-24/h4-8,10,12-13H,3,9,11,14H2,1-2H3,(H,22,25). The van der Waals surface area contributed by atoms with Gasteiger partial charge in [0.1, 0.15) is 5.75 Å². The number of hydrogen-bond acceptors (Lipinski definition) is 4. The summed E-state index contributed by atoms with van der Waals surface area (Å²) in [6.45, 7) is 4.92. The zero-order valence-corrected chi connectivity index (χ0v) is 15.1. The number of hydrogen-bond donors (Lipinski definition) is 1. The van der Waals surface area contributed by atoms with Crippen LogP contribution in [0.5, 0.6) is 5.75 Å². The summed E-state index contributed by atoms with van der Waals surface area (Å²) in [4.78, 5) is 12.0. The first-order valence-electron chi connectivity index (χ1n) is 8.66. The van der Waals surface area contributed by atoms with Gasteiger partial charge in [0, 0.05) is 24.9 Å². The average Bonchev–Trinajstić information content (AvgIpc) is 3.27. The first-order chi connectivity index (χ1) is 12.6. The first kappa shape index (κ1) is 17.7. The number of carbonyl (C=O) groups excluding carboxylic acids is 1. The molecular formula is C19H23N5O2. The van der Waals surface area contributed by atoms with E-state index in [9.17, 15) is 4.79 Å². The van der Waals surface area contributed by atoms with Crippen LogP contribution in [0, 0.1) is 6.92 Å². The Morgan fingerprint density at radius 2 is 2.00 bits per heavy atom. The minimum Gasteiger partial charge on any atom is -0.471 e. The van der Waals surface area contributed by atoms with Crippen LogP contribution in [0.1, 0.15) is 24.6 Å². The predicted octanol–water partition coefficient (Wildman–Crippen LogP) is 3.02. The summed E-state index contributed by atoms with van der Waals surface area (Å²) in [6, 6.07) is 9.90. The second-order valence-electron chi connectivity index (χ2n) is 6.03. The van der Waals surface area contributed by atoms with Gasteiger partial charge in [0.15, 0.2) is 6.73 Å². The molecule has 1 amide bonds. The number of amides is 1. The maximum atomic E-state index is 12.0. The van der Waals surface area contributed by atoms with Gasteiger partial charge in [-0.2, -0.15) is 10.2 Å². The molecule has 1 N–H and O–H groups in total. The molecule has 3 aromatic rings. The summed E-state index contributed by atoms with van der Waals surface area (Å²) in [6.07, 6.45) is 6.45. The Bertz CT molecular complexity index is 851. The summed E-state index contributed by atoms with van der Waals surface area (Å²) < 4.78 is 9.14. The number of nitrogens with zero attached hydrogens (tertiary/aromatic N) is 4. The highest BCUT2D eigenvalue weighted by Gasteiger charge is 2.06. The van der Waals surface area contributed by atoms with Crippen molar-refractivity contribution in [3.05, 3.63) is 60.2 Å². The first-order valence-corrected chi connectivity index (χ1v) is 8.66. The van der Waals surface area contributed by atoms with Crippen molar-refractivity contribution in [3.63, 3.8) is 0 Å². The van der Waals surface area contributed by atoms with Crippen molar-refractivity contribution in [2.45, 2.75) is 40.0 Å². The van der Waals surface area contributed by atoms with Crippen LogP contribution in [-0.2, 0) is 24.5 Å². The van der Waals surface area contributed by atoms with E-state index < -0.39 is 0 Å². The number of rotatable bonds is 8. The van der Waals surface area contributed by atoms with Crippen LogP contribution in [0.25, 0.3) is 0 Å². The fraction of sp³-hybridized carbons (Fsp3) is 0.316. The lowest BCUT2D eigenvalue weighted by atomic mass is 10.2. The second-order valence-corrected chi connectivity index (χ2v) is 6.03. The van der Waals surface area contributed by atoms with Crippen LogP contribution in [-0.4, -0.2) is 25.5 Å². The Morgan fingerprint density at radius 1 is 1.19 bits per heavy atom. The number of aryl methyl sites for hydroxylation is 3. The summed E-state index contributed by atoms with van der Waals surface area (Å²) in [5.74, 6) is 0.716. The van der Waals surface area contributed by atoms with Crippen LogP contribution in [0.3, 0.4) is 0 Å². The number of carbonyl (C=O) groups is 1. The van der Waals surface area contributed by atoms with Crippen molar-refractivity contribution < 1.29 is 9.53 Å². The molecule has 7 nitrogen and oxygen atoms in total. The molecule has 0 fully saturated rings. The van der Waals surface area contributed by atoms with Gasteiger partial charge >= 0.3 is 0 Å². The molecule has 1 aromatic carbocycles. The van der Waals surface area contributed by atoms with Gasteiger partial charge < -0.3 is 10.1 Å². The maximum absolute atomic E-state index is 12.0. The van der Waals surface area contributed by atoms with Crippen molar-refractivity contribution in [2.24, 2.45) is 0 Å². The number of benzene rings is 1. The Labute approximate surface area is 152 Å². The van der Waals surface area contributed by atoms with Crippen LogP contribution in [0.4, 0.5) is 5.69 Å².